The number of halogens is 2. The highest BCUT2D eigenvalue weighted by molar-refractivity contribution is 7.99. The van der Waals surface area contributed by atoms with Crippen LogP contribution in [0, 0.1) is 17.6 Å². The number of nitrogens with zero attached hydrogens (tertiary/aromatic N) is 4. The molecule has 12 heteroatoms. The molecule has 33 heavy (non-hydrogen) atoms. The average Bonchev–Trinajstić information content (AvgIpc) is 3.21. The average molecular weight is 494 g/mol. The third kappa shape index (κ3) is 5.23. The molecule has 0 bridgehead atoms. The van der Waals surface area contributed by atoms with Crippen LogP contribution in [0.15, 0.2) is 63.7 Å². The minimum atomic E-state index is -4.18. The van der Waals surface area contributed by atoms with Crippen molar-refractivity contribution in [2.45, 2.75) is 27.8 Å². The lowest BCUT2D eigenvalue weighted by Gasteiger charge is -2.30. The molecule has 0 aliphatic carbocycles. The molecule has 174 valence electrons. The van der Waals surface area contributed by atoms with Gasteiger partial charge in [0.1, 0.15) is 22.9 Å². The molecule has 2 aromatic carbocycles. The number of sulfonamides is 1. The van der Waals surface area contributed by atoms with Crippen molar-refractivity contribution in [1.82, 2.24) is 19.1 Å². The van der Waals surface area contributed by atoms with Crippen LogP contribution in [0.5, 0.6) is 0 Å². The Morgan fingerprint density at radius 2 is 1.82 bits per heavy atom. The topological polar surface area (TPSA) is 97.2 Å². The van der Waals surface area contributed by atoms with E-state index < -0.39 is 26.6 Å². The van der Waals surface area contributed by atoms with Crippen molar-refractivity contribution >= 4 is 33.4 Å². The summed E-state index contributed by atoms with van der Waals surface area (Å²) < 4.78 is 55.7. The molecule has 0 saturated carbocycles. The Morgan fingerprint density at radius 1 is 1.12 bits per heavy atom. The molecule has 1 aliphatic rings. The van der Waals surface area contributed by atoms with Gasteiger partial charge in [0.05, 0.1) is 0 Å². The molecular weight excluding hydrogens is 472 g/mol. The monoisotopic (exact) mass is 493 g/mol. The lowest BCUT2D eigenvalue weighted by atomic mass is 9.97. The number of carbonyl (C=O) groups is 1. The van der Waals surface area contributed by atoms with Gasteiger partial charge in [-0.2, -0.15) is 4.31 Å². The van der Waals surface area contributed by atoms with E-state index >= 15 is 0 Å². The van der Waals surface area contributed by atoms with Gasteiger partial charge in [0.2, 0.25) is 15.9 Å². The number of hydrogen-bond acceptors (Lipinski definition) is 6. The fraction of sp³-hybridized carbons (Fsp3) is 0.286. The number of nitrogens with one attached hydrogen (secondary N) is 1. The van der Waals surface area contributed by atoms with E-state index in [1.54, 1.807) is 23.0 Å². The molecule has 1 amide bonds. The highest BCUT2D eigenvalue weighted by Crippen LogP contribution is 2.28. The van der Waals surface area contributed by atoms with Gasteiger partial charge in [0.15, 0.2) is 5.16 Å². The van der Waals surface area contributed by atoms with Crippen LogP contribution in [0.4, 0.5) is 14.5 Å². The Labute approximate surface area is 194 Å². The van der Waals surface area contributed by atoms with Gasteiger partial charge >= 0.3 is 0 Å². The van der Waals surface area contributed by atoms with Gasteiger partial charge in [0, 0.05) is 36.6 Å². The van der Waals surface area contributed by atoms with Crippen LogP contribution in [0.25, 0.3) is 0 Å². The van der Waals surface area contributed by atoms with Gasteiger partial charge in [-0.15, -0.1) is 10.2 Å². The van der Waals surface area contributed by atoms with Crippen LogP contribution in [-0.2, 0) is 21.9 Å². The van der Waals surface area contributed by atoms with Crippen molar-refractivity contribution in [1.29, 1.82) is 0 Å². The Bertz CT molecular complexity index is 1260. The molecule has 3 aromatic rings. The standard InChI is InChI=1S/C21H21F2N5O3S2/c1-27-13-24-26-21(27)32-17-5-3-16(4-6-17)25-20(29)14-8-10-28(11-9-14)33(30,31)19-12-15(22)2-7-18(19)23/h2-7,12-14H,8-11H2,1H3,(H,25,29). The molecule has 1 aliphatic heterocycles. The summed E-state index contributed by atoms with van der Waals surface area (Å²) in [4.78, 5) is 12.9. The van der Waals surface area contributed by atoms with E-state index in [4.69, 9.17) is 0 Å². The second-order valence-electron chi connectivity index (χ2n) is 7.59. The highest BCUT2D eigenvalue weighted by Gasteiger charge is 2.33. The maximum absolute atomic E-state index is 14.0. The first-order valence-electron chi connectivity index (χ1n) is 10.1. The van der Waals surface area contributed by atoms with E-state index in [0.717, 1.165) is 26.5 Å². The van der Waals surface area contributed by atoms with Crippen LogP contribution >= 0.6 is 11.8 Å². The van der Waals surface area contributed by atoms with Gasteiger partial charge < -0.3 is 9.88 Å². The van der Waals surface area contributed by atoms with Crippen LogP contribution in [-0.4, -0.2) is 46.5 Å². The summed E-state index contributed by atoms with van der Waals surface area (Å²) in [5.74, 6) is -2.43. The molecule has 0 unspecified atom stereocenters. The molecule has 0 radical (unpaired) electrons. The van der Waals surface area contributed by atoms with E-state index in [0.29, 0.717) is 11.8 Å². The van der Waals surface area contributed by atoms with Crippen LogP contribution in [0.3, 0.4) is 0 Å². The maximum Gasteiger partial charge on any atom is 0.246 e. The Kier molecular flexibility index (Phi) is 6.77. The smallest absolute Gasteiger partial charge is 0.246 e. The summed E-state index contributed by atoms with van der Waals surface area (Å²) in [5, 5.41) is 11.4. The van der Waals surface area contributed by atoms with Crippen molar-refractivity contribution in [3.8, 4) is 0 Å². The van der Waals surface area contributed by atoms with E-state index in [2.05, 4.69) is 15.5 Å². The first-order chi connectivity index (χ1) is 15.7. The predicted octanol–water partition coefficient (Wildman–Crippen LogP) is 3.28. The summed E-state index contributed by atoms with van der Waals surface area (Å²) in [7, 11) is -2.33. The van der Waals surface area contributed by atoms with Crippen molar-refractivity contribution < 1.29 is 22.0 Å². The van der Waals surface area contributed by atoms with Crippen molar-refractivity contribution in [3.63, 3.8) is 0 Å². The third-order valence-electron chi connectivity index (χ3n) is 5.34. The quantitative estimate of drug-likeness (QED) is 0.566. The van der Waals surface area contributed by atoms with Crippen molar-refractivity contribution in [3.05, 3.63) is 60.4 Å². The minimum absolute atomic E-state index is 0.0453. The van der Waals surface area contributed by atoms with Crippen molar-refractivity contribution in [2.24, 2.45) is 13.0 Å². The zero-order valence-corrected chi connectivity index (χ0v) is 19.2. The fourth-order valence-electron chi connectivity index (χ4n) is 3.49. The molecule has 1 fully saturated rings. The first-order valence-corrected chi connectivity index (χ1v) is 12.4. The molecule has 0 atom stereocenters. The van der Waals surface area contributed by atoms with Crippen LogP contribution in [0.1, 0.15) is 12.8 Å². The normalized spacial score (nSPS) is 15.5. The van der Waals surface area contributed by atoms with Gasteiger partial charge in [-0.1, -0.05) is 0 Å². The number of rotatable bonds is 6. The van der Waals surface area contributed by atoms with E-state index in [1.807, 2.05) is 19.2 Å². The van der Waals surface area contributed by atoms with Gasteiger partial charge in [0.25, 0.3) is 0 Å². The van der Waals surface area contributed by atoms with Gasteiger partial charge in [-0.05, 0) is 67.1 Å². The summed E-state index contributed by atoms with van der Waals surface area (Å²) >= 11 is 1.44. The summed E-state index contributed by atoms with van der Waals surface area (Å²) in [6.07, 6.45) is 2.17. The predicted molar refractivity (Wildman–Crippen MR) is 118 cm³/mol. The zero-order chi connectivity index (χ0) is 23.6. The molecule has 1 N–H and O–H groups in total. The molecule has 8 nitrogen and oxygen atoms in total. The lowest BCUT2D eigenvalue weighted by Crippen LogP contribution is -2.41. The SMILES string of the molecule is Cn1cnnc1Sc1ccc(NC(=O)C2CCN(S(=O)(=O)c3cc(F)ccc3F)CC2)cc1. The summed E-state index contributed by atoms with van der Waals surface area (Å²) in [6.45, 7) is 0.0906. The Balaban J connectivity index is 1.34. The van der Waals surface area contributed by atoms with Gasteiger partial charge in [-0.25, -0.2) is 17.2 Å². The number of aromatic nitrogens is 3. The number of piperidine rings is 1. The number of carbonyl (C=O) groups excluding carboxylic acids is 1. The Morgan fingerprint density at radius 3 is 2.45 bits per heavy atom. The molecular formula is C21H21F2N5O3S2. The number of benzene rings is 2. The second-order valence-corrected chi connectivity index (χ2v) is 10.5. The lowest BCUT2D eigenvalue weighted by molar-refractivity contribution is -0.120. The third-order valence-corrected chi connectivity index (χ3v) is 8.31. The highest BCUT2D eigenvalue weighted by atomic mass is 32.2. The zero-order valence-electron chi connectivity index (χ0n) is 17.6. The van der Waals surface area contributed by atoms with Crippen LogP contribution in [0.2, 0.25) is 0 Å². The number of aryl methyl sites for hydroxylation is 1. The molecule has 1 aromatic heterocycles. The van der Waals surface area contributed by atoms with E-state index in [1.165, 1.54) is 11.8 Å². The molecule has 1 saturated heterocycles. The fourth-order valence-corrected chi connectivity index (χ4v) is 5.80. The van der Waals surface area contributed by atoms with E-state index in [9.17, 15) is 22.0 Å². The number of anilines is 1. The number of amides is 1. The van der Waals surface area contributed by atoms with Crippen molar-refractivity contribution in [2.75, 3.05) is 18.4 Å². The summed E-state index contributed by atoms with van der Waals surface area (Å²) in [6, 6.07) is 9.61. The summed E-state index contributed by atoms with van der Waals surface area (Å²) in [5.41, 5.74) is 0.624. The minimum Gasteiger partial charge on any atom is -0.326 e. The molecule has 4 rings (SSSR count). The first kappa shape index (κ1) is 23.3. The second kappa shape index (κ2) is 9.57. The Hall–Kier alpha value is -2.83. The molecule has 2 heterocycles. The van der Waals surface area contributed by atoms with Gasteiger partial charge in [-0.3, -0.25) is 4.79 Å². The van der Waals surface area contributed by atoms with E-state index in [-0.39, 0.29) is 37.8 Å². The molecule has 0 spiro atoms. The number of hydrogen-bond donors (Lipinski definition) is 1. The largest absolute Gasteiger partial charge is 0.326 e. The maximum atomic E-state index is 14.0. The van der Waals surface area contributed by atoms with Crippen LogP contribution < -0.4 is 5.32 Å².